The molecule has 1 heteroatoms. The monoisotopic (exact) mass is 368 g/mol. The van der Waals surface area contributed by atoms with Gasteiger partial charge in [0.05, 0.1) is 0 Å². The van der Waals surface area contributed by atoms with Crippen LogP contribution in [0.5, 0.6) is 0 Å². The SMILES string of the molecule is C=C(/C=C\C=C/C)C(=C)/C=C\C(=C/C)c1cccc2c1sc1ccccc12. The fraction of sp³-hybridized carbons (Fsp3) is 0.0769. The fourth-order valence-corrected chi connectivity index (χ4v) is 4.24. The van der Waals surface area contributed by atoms with Gasteiger partial charge in [-0.3, -0.25) is 0 Å². The van der Waals surface area contributed by atoms with Crippen molar-refractivity contribution in [3.8, 4) is 0 Å². The Bertz CT molecular complexity index is 1110. The van der Waals surface area contributed by atoms with Crippen molar-refractivity contribution in [2.24, 2.45) is 0 Å². The quantitative estimate of drug-likeness (QED) is 0.384. The maximum Gasteiger partial charge on any atom is 0.0433 e. The topological polar surface area (TPSA) is 0 Å². The minimum Gasteiger partial charge on any atom is -0.135 e. The van der Waals surface area contributed by atoms with E-state index in [2.05, 4.69) is 74.7 Å². The Kier molecular flexibility index (Phi) is 6.05. The van der Waals surface area contributed by atoms with E-state index in [0.29, 0.717) is 0 Å². The first kappa shape index (κ1) is 18.9. The van der Waals surface area contributed by atoms with E-state index in [0.717, 1.165) is 11.1 Å². The molecule has 0 unspecified atom stereocenters. The smallest absolute Gasteiger partial charge is 0.0433 e. The molecule has 0 amide bonds. The van der Waals surface area contributed by atoms with Gasteiger partial charge >= 0.3 is 0 Å². The van der Waals surface area contributed by atoms with Gasteiger partial charge in [-0.1, -0.05) is 92.1 Å². The maximum atomic E-state index is 4.14. The molecule has 0 fully saturated rings. The molecular formula is C26H24S. The van der Waals surface area contributed by atoms with Crippen LogP contribution in [-0.4, -0.2) is 0 Å². The Morgan fingerprint density at radius 2 is 1.56 bits per heavy atom. The lowest BCUT2D eigenvalue weighted by Crippen LogP contribution is -1.83. The molecule has 0 aliphatic carbocycles. The van der Waals surface area contributed by atoms with Crippen LogP contribution in [0.25, 0.3) is 25.7 Å². The number of rotatable bonds is 6. The number of benzene rings is 2. The summed E-state index contributed by atoms with van der Waals surface area (Å²) in [5, 5.41) is 2.64. The number of thiophene rings is 1. The van der Waals surface area contributed by atoms with Crippen molar-refractivity contribution in [3.05, 3.63) is 115 Å². The van der Waals surface area contributed by atoms with Crippen molar-refractivity contribution in [3.63, 3.8) is 0 Å². The van der Waals surface area contributed by atoms with Gasteiger partial charge in [-0.2, -0.15) is 0 Å². The highest BCUT2D eigenvalue weighted by molar-refractivity contribution is 7.26. The first-order chi connectivity index (χ1) is 13.2. The number of hydrogen-bond acceptors (Lipinski definition) is 1. The molecule has 0 saturated heterocycles. The maximum absolute atomic E-state index is 4.14. The summed E-state index contributed by atoms with van der Waals surface area (Å²) in [7, 11) is 0. The summed E-state index contributed by atoms with van der Waals surface area (Å²) in [6.07, 6.45) is 14.3. The highest BCUT2D eigenvalue weighted by atomic mass is 32.1. The molecule has 0 bridgehead atoms. The molecule has 1 heterocycles. The normalized spacial score (nSPS) is 12.9. The zero-order chi connectivity index (χ0) is 19.2. The third-order valence-electron chi connectivity index (χ3n) is 4.50. The van der Waals surface area contributed by atoms with Crippen LogP contribution < -0.4 is 0 Å². The predicted octanol–water partition coefficient (Wildman–Crippen LogP) is 8.26. The summed E-state index contributed by atoms with van der Waals surface area (Å²) in [4.78, 5) is 0. The second-order valence-electron chi connectivity index (χ2n) is 6.29. The van der Waals surface area contributed by atoms with Crippen LogP contribution in [0.15, 0.2) is 109 Å². The molecule has 1 aromatic heterocycles. The van der Waals surface area contributed by atoms with Crippen LogP contribution in [0.3, 0.4) is 0 Å². The molecular weight excluding hydrogens is 344 g/mol. The van der Waals surface area contributed by atoms with Gasteiger partial charge in [0.15, 0.2) is 0 Å². The lowest BCUT2D eigenvalue weighted by molar-refractivity contribution is 1.58. The summed E-state index contributed by atoms with van der Waals surface area (Å²) in [6.45, 7) is 12.3. The largest absolute Gasteiger partial charge is 0.135 e. The molecule has 0 N–H and O–H groups in total. The van der Waals surface area contributed by atoms with Crippen molar-refractivity contribution in [1.29, 1.82) is 0 Å². The molecule has 134 valence electrons. The summed E-state index contributed by atoms with van der Waals surface area (Å²) < 4.78 is 2.65. The summed E-state index contributed by atoms with van der Waals surface area (Å²) in [6, 6.07) is 15.1. The van der Waals surface area contributed by atoms with Crippen molar-refractivity contribution in [2.75, 3.05) is 0 Å². The molecule has 3 aromatic rings. The third-order valence-corrected chi connectivity index (χ3v) is 5.72. The van der Waals surface area contributed by atoms with E-state index < -0.39 is 0 Å². The highest BCUT2D eigenvalue weighted by Gasteiger charge is 2.09. The minimum atomic E-state index is 0.915. The van der Waals surface area contributed by atoms with E-state index in [1.54, 1.807) is 0 Å². The van der Waals surface area contributed by atoms with Crippen molar-refractivity contribution >= 4 is 37.1 Å². The van der Waals surface area contributed by atoms with Crippen LogP contribution >= 0.6 is 11.3 Å². The Labute approximate surface area is 165 Å². The molecule has 0 aliphatic rings. The van der Waals surface area contributed by atoms with Crippen LogP contribution in [0.4, 0.5) is 0 Å². The summed E-state index contributed by atoms with van der Waals surface area (Å²) in [5.41, 5.74) is 4.28. The number of hydrogen-bond donors (Lipinski definition) is 0. The Morgan fingerprint density at radius 1 is 0.815 bits per heavy atom. The first-order valence-electron chi connectivity index (χ1n) is 9.08. The summed E-state index contributed by atoms with van der Waals surface area (Å²) >= 11 is 1.85. The Balaban J connectivity index is 1.95. The van der Waals surface area contributed by atoms with Gasteiger partial charge in [0.2, 0.25) is 0 Å². The highest BCUT2D eigenvalue weighted by Crippen LogP contribution is 2.38. The standard InChI is InChI=1S/C26H24S/c1-5-7-8-12-19(3)20(4)17-18-21(6-2)22-14-11-15-24-23-13-9-10-16-25(23)27-26(22)24/h5-18H,3-4H2,1-2H3/b7-5-,12-8-,18-17-,21-6+. The van der Waals surface area contributed by atoms with Gasteiger partial charge in [0.25, 0.3) is 0 Å². The molecule has 0 nitrogen and oxygen atoms in total. The average molecular weight is 369 g/mol. The van der Waals surface area contributed by atoms with Crippen LogP contribution in [0.1, 0.15) is 19.4 Å². The van der Waals surface area contributed by atoms with Crippen LogP contribution in [0, 0.1) is 0 Å². The van der Waals surface area contributed by atoms with Gasteiger partial charge in [-0.25, -0.2) is 0 Å². The lowest BCUT2D eigenvalue weighted by Gasteiger charge is -2.05. The van der Waals surface area contributed by atoms with Crippen molar-refractivity contribution < 1.29 is 0 Å². The Morgan fingerprint density at radius 3 is 2.33 bits per heavy atom. The van der Waals surface area contributed by atoms with Gasteiger partial charge in [-0.05, 0) is 42.2 Å². The molecule has 0 saturated carbocycles. The number of allylic oxidation sites excluding steroid dienone is 10. The van der Waals surface area contributed by atoms with Gasteiger partial charge in [-0.15, -0.1) is 11.3 Å². The molecule has 27 heavy (non-hydrogen) atoms. The second kappa shape index (κ2) is 8.66. The van der Waals surface area contributed by atoms with Gasteiger partial charge in [0, 0.05) is 20.2 Å². The van der Waals surface area contributed by atoms with E-state index in [-0.39, 0.29) is 0 Å². The zero-order valence-electron chi connectivity index (χ0n) is 15.9. The van der Waals surface area contributed by atoms with Crippen molar-refractivity contribution in [1.82, 2.24) is 0 Å². The van der Waals surface area contributed by atoms with E-state index in [1.165, 1.54) is 31.3 Å². The Hall–Kier alpha value is -2.90. The van der Waals surface area contributed by atoms with Crippen LogP contribution in [-0.2, 0) is 0 Å². The van der Waals surface area contributed by atoms with E-state index in [9.17, 15) is 0 Å². The lowest BCUT2D eigenvalue weighted by atomic mass is 10.0. The molecule has 0 spiro atoms. The molecule has 0 aliphatic heterocycles. The number of fused-ring (bicyclic) bond motifs is 3. The second-order valence-corrected chi connectivity index (χ2v) is 7.35. The zero-order valence-corrected chi connectivity index (χ0v) is 16.7. The van der Waals surface area contributed by atoms with Gasteiger partial charge < -0.3 is 0 Å². The average Bonchev–Trinajstić information content (AvgIpc) is 3.07. The molecule has 0 radical (unpaired) electrons. The first-order valence-corrected chi connectivity index (χ1v) is 9.90. The van der Waals surface area contributed by atoms with E-state index >= 15 is 0 Å². The molecule has 3 rings (SSSR count). The fourth-order valence-electron chi connectivity index (χ4n) is 3.00. The summed E-state index contributed by atoms with van der Waals surface area (Å²) in [5.74, 6) is 0. The third kappa shape index (κ3) is 4.10. The van der Waals surface area contributed by atoms with Gasteiger partial charge in [0.1, 0.15) is 0 Å². The van der Waals surface area contributed by atoms with Crippen molar-refractivity contribution in [2.45, 2.75) is 13.8 Å². The molecule has 0 atom stereocenters. The van der Waals surface area contributed by atoms with E-state index in [1.807, 2.05) is 48.6 Å². The predicted molar refractivity (Wildman–Crippen MR) is 124 cm³/mol. The van der Waals surface area contributed by atoms with Crippen LogP contribution in [0.2, 0.25) is 0 Å². The van der Waals surface area contributed by atoms with E-state index in [4.69, 9.17) is 0 Å². The molecule has 2 aromatic carbocycles. The minimum absolute atomic E-state index is 0.915.